The second-order valence-corrected chi connectivity index (χ2v) is 6.31. The Kier molecular flexibility index (Phi) is 3.16. The minimum absolute atomic E-state index is 0.341. The Labute approximate surface area is 143 Å². The van der Waals surface area contributed by atoms with Crippen molar-refractivity contribution in [1.29, 1.82) is 0 Å². The summed E-state index contributed by atoms with van der Waals surface area (Å²) in [4.78, 5) is 11.8. The summed E-state index contributed by atoms with van der Waals surface area (Å²) in [6.45, 7) is 0.908. The Balaban J connectivity index is 1.81. The molecule has 5 rings (SSSR count). The van der Waals surface area contributed by atoms with Crippen LogP contribution in [0, 0.1) is 5.82 Å². The van der Waals surface area contributed by atoms with Gasteiger partial charge >= 0.3 is 0 Å². The minimum atomic E-state index is -0.341. The number of hydrogen-bond acceptors (Lipinski definition) is 3. The van der Waals surface area contributed by atoms with E-state index in [9.17, 15) is 4.39 Å². The predicted molar refractivity (Wildman–Crippen MR) is 93.4 cm³/mol. The molecule has 0 amide bonds. The predicted octanol–water partition coefficient (Wildman–Crippen LogP) is 3.96. The number of aromatic amines is 1. The number of halogens is 1. The van der Waals surface area contributed by atoms with Gasteiger partial charge in [-0.2, -0.15) is 5.10 Å². The highest BCUT2D eigenvalue weighted by Gasteiger charge is 2.24. The van der Waals surface area contributed by atoms with Crippen LogP contribution in [0.4, 0.5) is 4.39 Å². The van der Waals surface area contributed by atoms with E-state index in [1.807, 2.05) is 24.5 Å². The molecule has 5 nitrogen and oxygen atoms in total. The van der Waals surface area contributed by atoms with E-state index in [0.29, 0.717) is 5.69 Å². The molecular formula is C19H16FN5. The van der Waals surface area contributed by atoms with Gasteiger partial charge in [-0.3, -0.25) is 9.67 Å². The summed E-state index contributed by atoms with van der Waals surface area (Å²) in [7, 11) is 0. The van der Waals surface area contributed by atoms with Crippen molar-refractivity contribution in [2.75, 3.05) is 0 Å². The van der Waals surface area contributed by atoms with Crippen LogP contribution in [-0.4, -0.2) is 24.7 Å². The number of rotatable bonds is 2. The summed E-state index contributed by atoms with van der Waals surface area (Å²) < 4.78 is 15.4. The van der Waals surface area contributed by atoms with Gasteiger partial charge in [0.05, 0.1) is 11.9 Å². The monoisotopic (exact) mass is 333 g/mol. The van der Waals surface area contributed by atoms with Crippen molar-refractivity contribution in [3.8, 4) is 22.5 Å². The maximum Gasteiger partial charge on any atom is 0.141 e. The molecule has 0 bridgehead atoms. The van der Waals surface area contributed by atoms with Crippen LogP contribution in [0.1, 0.15) is 18.5 Å². The highest BCUT2D eigenvalue weighted by molar-refractivity contribution is 5.97. The first kappa shape index (κ1) is 14.3. The SMILES string of the molecule is Fc1ccc(-c2nn3c(c2-c2ccnc4[nH]ccc24)CCCC3)nc1. The first-order valence-corrected chi connectivity index (χ1v) is 8.45. The van der Waals surface area contributed by atoms with Crippen LogP contribution in [0.15, 0.2) is 42.9 Å². The molecule has 6 heteroatoms. The molecule has 0 saturated heterocycles. The van der Waals surface area contributed by atoms with Gasteiger partial charge in [0.15, 0.2) is 0 Å². The second-order valence-electron chi connectivity index (χ2n) is 6.31. The van der Waals surface area contributed by atoms with Gasteiger partial charge < -0.3 is 4.98 Å². The molecule has 1 aliphatic heterocycles. The van der Waals surface area contributed by atoms with Gasteiger partial charge in [0.2, 0.25) is 0 Å². The lowest BCUT2D eigenvalue weighted by atomic mass is 9.96. The topological polar surface area (TPSA) is 59.4 Å². The average Bonchev–Trinajstić information content (AvgIpc) is 3.26. The lowest BCUT2D eigenvalue weighted by Crippen LogP contribution is -2.11. The van der Waals surface area contributed by atoms with Gasteiger partial charge in [-0.1, -0.05) is 0 Å². The number of pyridine rings is 2. The molecule has 1 N–H and O–H groups in total. The average molecular weight is 333 g/mol. The fraction of sp³-hybridized carbons (Fsp3) is 0.211. The summed E-state index contributed by atoms with van der Waals surface area (Å²) in [6.07, 6.45) is 8.21. The summed E-state index contributed by atoms with van der Waals surface area (Å²) >= 11 is 0. The maximum absolute atomic E-state index is 13.3. The van der Waals surface area contributed by atoms with E-state index in [4.69, 9.17) is 5.10 Å². The molecule has 0 fully saturated rings. The fourth-order valence-corrected chi connectivity index (χ4v) is 3.65. The van der Waals surface area contributed by atoms with Crippen LogP contribution in [-0.2, 0) is 13.0 Å². The zero-order valence-corrected chi connectivity index (χ0v) is 13.5. The van der Waals surface area contributed by atoms with Crippen molar-refractivity contribution in [1.82, 2.24) is 24.7 Å². The van der Waals surface area contributed by atoms with Crippen LogP contribution >= 0.6 is 0 Å². The number of aryl methyl sites for hydroxylation is 1. The second kappa shape index (κ2) is 5.51. The van der Waals surface area contributed by atoms with Crippen molar-refractivity contribution >= 4 is 11.0 Å². The van der Waals surface area contributed by atoms with Crippen molar-refractivity contribution in [3.05, 3.63) is 54.4 Å². The molecule has 124 valence electrons. The third-order valence-electron chi connectivity index (χ3n) is 4.79. The highest BCUT2D eigenvalue weighted by atomic mass is 19.1. The number of nitrogens with one attached hydrogen (secondary N) is 1. The fourth-order valence-electron chi connectivity index (χ4n) is 3.65. The normalized spacial score (nSPS) is 14.0. The van der Waals surface area contributed by atoms with E-state index in [1.165, 1.54) is 18.0 Å². The number of fused-ring (bicyclic) bond motifs is 2. The van der Waals surface area contributed by atoms with Gasteiger partial charge in [0.1, 0.15) is 17.2 Å². The molecular weight excluding hydrogens is 317 g/mol. The zero-order valence-electron chi connectivity index (χ0n) is 13.5. The van der Waals surface area contributed by atoms with Crippen LogP contribution in [0.3, 0.4) is 0 Å². The molecule has 0 saturated carbocycles. The van der Waals surface area contributed by atoms with E-state index in [1.54, 1.807) is 6.07 Å². The quantitative estimate of drug-likeness (QED) is 0.604. The maximum atomic E-state index is 13.3. The molecule has 0 radical (unpaired) electrons. The zero-order chi connectivity index (χ0) is 16.8. The standard InChI is InChI=1S/C19H16FN5/c20-12-4-5-15(23-11-12)18-17(16-3-1-2-10-25(16)24-18)13-6-8-21-19-14(13)7-9-22-19/h4-9,11H,1-3,10H2,(H,21,22). The smallest absolute Gasteiger partial charge is 0.141 e. The summed E-state index contributed by atoms with van der Waals surface area (Å²) in [5, 5.41) is 5.88. The number of aromatic nitrogens is 5. The highest BCUT2D eigenvalue weighted by Crippen LogP contribution is 2.38. The Bertz CT molecular complexity index is 1060. The molecule has 25 heavy (non-hydrogen) atoms. The first-order valence-electron chi connectivity index (χ1n) is 8.45. The van der Waals surface area contributed by atoms with Gasteiger partial charge in [-0.15, -0.1) is 0 Å². The van der Waals surface area contributed by atoms with Crippen molar-refractivity contribution < 1.29 is 4.39 Å². The van der Waals surface area contributed by atoms with Gasteiger partial charge in [0.25, 0.3) is 0 Å². The Morgan fingerprint density at radius 3 is 2.92 bits per heavy atom. The molecule has 0 spiro atoms. The van der Waals surface area contributed by atoms with Crippen LogP contribution in [0.2, 0.25) is 0 Å². The molecule has 4 aromatic rings. The molecule has 5 heterocycles. The summed E-state index contributed by atoms with van der Waals surface area (Å²) in [5.74, 6) is -0.341. The lowest BCUT2D eigenvalue weighted by molar-refractivity contribution is 0.487. The van der Waals surface area contributed by atoms with E-state index in [-0.39, 0.29) is 5.82 Å². The Morgan fingerprint density at radius 2 is 2.04 bits per heavy atom. The molecule has 0 aromatic carbocycles. The largest absolute Gasteiger partial charge is 0.346 e. The van der Waals surface area contributed by atoms with Crippen LogP contribution in [0.25, 0.3) is 33.5 Å². The summed E-state index contributed by atoms with van der Waals surface area (Å²) in [5.41, 5.74) is 5.76. The molecule has 1 aliphatic rings. The molecule has 4 aromatic heterocycles. The van der Waals surface area contributed by atoms with Crippen molar-refractivity contribution in [2.24, 2.45) is 0 Å². The summed E-state index contributed by atoms with van der Waals surface area (Å²) in [6, 6.07) is 7.19. The Morgan fingerprint density at radius 1 is 1.08 bits per heavy atom. The first-order chi connectivity index (χ1) is 12.3. The van der Waals surface area contributed by atoms with Gasteiger partial charge in [-0.05, 0) is 49.1 Å². The van der Waals surface area contributed by atoms with Crippen LogP contribution in [0.5, 0.6) is 0 Å². The van der Waals surface area contributed by atoms with E-state index < -0.39 is 0 Å². The number of hydrogen-bond donors (Lipinski definition) is 1. The van der Waals surface area contributed by atoms with Gasteiger partial charge in [0, 0.05) is 35.6 Å². The van der Waals surface area contributed by atoms with Crippen LogP contribution < -0.4 is 0 Å². The van der Waals surface area contributed by atoms with Crippen molar-refractivity contribution in [2.45, 2.75) is 25.8 Å². The number of nitrogens with zero attached hydrogens (tertiary/aromatic N) is 4. The Hall–Kier alpha value is -3.02. The van der Waals surface area contributed by atoms with E-state index >= 15 is 0 Å². The third-order valence-corrected chi connectivity index (χ3v) is 4.79. The lowest BCUT2D eigenvalue weighted by Gasteiger charge is -2.15. The third kappa shape index (κ3) is 2.25. The van der Waals surface area contributed by atoms with E-state index in [2.05, 4.69) is 19.6 Å². The molecule has 0 atom stereocenters. The molecule has 0 aliphatic carbocycles. The van der Waals surface area contributed by atoms with Crippen molar-refractivity contribution in [3.63, 3.8) is 0 Å². The van der Waals surface area contributed by atoms with E-state index in [0.717, 1.165) is 53.7 Å². The van der Waals surface area contributed by atoms with Gasteiger partial charge in [-0.25, -0.2) is 9.37 Å². The minimum Gasteiger partial charge on any atom is -0.346 e. The number of H-pyrrole nitrogens is 1. The molecule has 0 unspecified atom stereocenters.